The van der Waals surface area contributed by atoms with Gasteiger partial charge >= 0.3 is 0 Å². The van der Waals surface area contributed by atoms with Crippen molar-refractivity contribution in [2.24, 2.45) is 11.7 Å². The molecular weight excluding hydrogens is 202 g/mol. The molecule has 0 aliphatic carbocycles. The molecular formula is C10H14ClNS. The molecule has 0 heterocycles. The Hall–Kier alpha value is -0.180. The van der Waals surface area contributed by atoms with Crippen molar-refractivity contribution in [1.29, 1.82) is 0 Å². The number of rotatable bonds is 4. The topological polar surface area (TPSA) is 26.0 Å². The van der Waals surface area contributed by atoms with Gasteiger partial charge in [-0.3, -0.25) is 0 Å². The van der Waals surface area contributed by atoms with Gasteiger partial charge in [0.05, 0.1) is 0 Å². The van der Waals surface area contributed by atoms with Crippen LogP contribution < -0.4 is 5.73 Å². The maximum absolute atomic E-state index is 5.77. The van der Waals surface area contributed by atoms with E-state index in [-0.39, 0.29) is 0 Å². The fraction of sp³-hybridized carbons (Fsp3) is 0.400. The van der Waals surface area contributed by atoms with Crippen molar-refractivity contribution < 1.29 is 0 Å². The first-order chi connectivity index (χ1) is 6.22. The monoisotopic (exact) mass is 215 g/mol. The lowest BCUT2D eigenvalue weighted by molar-refractivity contribution is 0.675. The third kappa shape index (κ3) is 4.03. The Morgan fingerprint density at radius 2 is 2.00 bits per heavy atom. The van der Waals surface area contributed by atoms with Gasteiger partial charge < -0.3 is 5.73 Å². The molecule has 1 aromatic rings. The van der Waals surface area contributed by atoms with Crippen LogP contribution in [0.3, 0.4) is 0 Å². The van der Waals surface area contributed by atoms with Gasteiger partial charge in [-0.15, -0.1) is 11.8 Å². The molecule has 0 aromatic heterocycles. The smallest absolute Gasteiger partial charge is 0.0406 e. The molecule has 1 atom stereocenters. The molecule has 0 saturated carbocycles. The second kappa shape index (κ2) is 5.53. The molecule has 0 amide bonds. The second-order valence-corrected chi connectivity index (χ2v) is 4.64. The number of thioether (sulfide) groups is 1. The van der Waals surface area contributed by atoms with Crippen molar-refractivity contribution in [3.63, 3.8) is 0 Å². The van der Waals surface area contributed by atoms with Gasteiger partial charge in [0, 0.05) is 15.7 Å². The fourth-order valence-corrected chi connectivity index (χ4v) is 1.90. The summed E-state index contributed by atoms with van der Waals surface area (Å²) >= 11 is 7.60. The van der Waals surface area contributed by atoms with E-state index in [4.69, 9.17) is 17.3 Å². The fourth-order valence-electron chi connectivity index (χ4n) is 0.837. The van der Waals surface area contributed by atoms with Crippen LogP contribution in [0.25, 0.3) is 0 Å². The van der Waals surface area contributed by atoms with Gasteiger partial charge in [0.15, 0.2) is 0 Å². The zero-order valence-electron chi connectivity index (χ0n) is 7.66. The Morgan fingerprint density at radius 1 is 1.38 bits per heavy atom. The Balaban J connectivity index is 2.41. The molecule has 1 unspecified atom stereocenters. The summed E-state index contributed by atoms with van der Waals surface area (Å²) in [7, 11) is 0. The van der Waals surface area contributed by atoms with Crippen LogP contribution in [0.4, 0.5) is 0 Å². The van der Waals surface area contributed by atoms with Crippen molar-refractivity contribution in [1.82, 2.24) is 0 Å². The zero-order valence-corrected chi connectivity index (χ0v) is 9.24. The molecule has 13 heavy (non-hydrogen) atoms. The summed E-state index contributed by atoms with van der Waals surface area (Å²) < 4.78 is 0. The molecule has 0 aliphatic heterocycles. The Bertz CT molecular complexity index is 248. The van der Waals surface area contributed by atoms with E-state index in [9.17, 15) is 0 Å². The summed E-state index contributed by atoms with van der Waals surface area (Å²) in [5.41, 5.74) is 5.53. The molecule has 0 radical (unpaired) electrons. The maximum Gasteiger partial charge on any atom is 0.0406 e. The number of halogens is 1. The van der Waals surface area contributed by atoms with Crippen LogP contribution in [-0.4, -0.2) is 12.3 Å². The van der Waals surface area contributed by atoms with E-state index in [1.54, 1.807) is 0 Å². The van der Waals surface area contributed by atoms with Gasteiger partial charge in [-0.1, -0.05) is 18.5 Å². The summed E-state index contributed by atoms with van der Waals surface area (Å²) in [5, 5.41) is 0.788. The van der Waals surface area contributed by atoms with Crippen molar-refractivity contribution >= 4 is 23.4 Å². The van der Waals surface area contributed by atoms with Crippen LogP contribution in [0.2, 0.25) is 5.02 Å². The van der Waals surface area contributed by atoms with Crippen LogP contribution in [0.1, 0.15) is 6.92 Å². The van der Waals surface area contributed by atoms with Gasteiger partial charge in [0.25, 0.3) is 0 Å². The summed E-state index contributed by atoms with van der Waals surface area (Å²) in [6.07, 6.45) is 0. The average molecular weight is 216 g/mol. The highest BCUT2D eigenvalue weighted by Crippen LogP contribution is 2.21. The number of hydrogen-bond donors (Lipinski definition) is 1. The minimum atomic E-state index is 0.570. The molecule has 0 aliphatic rings. The van der Waals surface area contributed by atoms with Crippen LogP contribution in [0.5, 0.6) is 0 Å². The summed E-state index contributed by atoms with van der Waals surface area (Å²) in [5.74, 6) is 1.64. The summed E-state index contributed by atoms with van der Waals surface area (Å²) in [4.78, 5) is 1.25. The molecule has 1 rings (SSSR count). The molecule has 0 saturated heterocycles. The SMILES string of the molecule is CC(CN)CSc1ccc(Cl)cc1. The predicted molar refractivity (Wildman–Crippen MR) is 60.4 cm³/mol. The zero-order chi connectivity index (χ0) is 9.68. The maximum atomic E-state index is 5.77. The first kappa shape index (κ1) is 10.9. The van der Waals surface area contributed by atoms with Crippen molar-refractivity contribution in [3.05, 3.63) is 29.3 Å². The van der Waals surface area contributed by atoms with E-state index in [0.29, 0.717) is 5.92 Å². The van der Waals surface area contributed by atoms with Crippen LogP contribution in [0.15, 0.2) is 29.2 Å². The Labute approximate surface area is 88.7 Å². The average Bonchev–Trinajstić information content (AvgIpc) is 2.16. The van der Waals surface area contributed by atoms with E-state index in [2.05, 4.69) is 6.92 Å². The lowest BCUT2D eigenvalue weighted by atomic mass is 10.2. The van der Waals surface area contributed by atoms with Crippen molar-refractivity contribution in [2.75, 3.05) is 12.3 Å². The summed E-state index contributed by atoms with van der Waals surface area (Å²) in [6, 6.07) is 7.90. The quantitative estimate of drug-likeness (QED) is 0.782. The van der Waals surface area contributed by atoms with E-state index in [1.165, 1.54) is 4.90 Å². The van der Waals surface area contributed by atoms with Crippen molar-refractivity contribution in [2.45, 2.75) is 11.8 Å². The molecule has 0 bridgehead atoms. The van der Waals surface area contributed by atoms with Gasteiger partial charge in [-0.05, 0) is 36.7 Å². The van der Waals surface area contributed by atoms with E-state index >= 15 is 0 Å². The van der Waals surface area contributed by atoms with Gasteiger partial charge in [-0.2, -0.15) is 0 Å². The van der Waals surface area contributed by atoms with E-state index in [0.717, 1.165) is 17.3 Å². The number of benzene rings is 1. The molecule has 0 fully saturated rings. The molecule has 3 heteroatoms. The van der Waals surface area contributed by atoms with Crippen molar-refractivity contribution in [3.8, 4) is 0 Å². The first-order valence-electron chi connectivity index (χ1n) is 4.31. The lowest BCUT2D eigenvalue weighted by Crippen LogP contribution is -2.12. The normalized spacial score (nSPS) is 12.8. The largest absolute Gasteiger partial charge is 0.330 e. The second-order valence-electron chi connectivity index (χ2n) is 3.11. The highest BCUT2D eigenvalue weighted by atomic mass is 35.5. The minimum Gasteiger partial charge on any atom is -0.330 e. The van der Waals surface area contributed by atoms with Gasteiger partial charge in [0.1, 0.15) is 0 Å². The molecule has 72 valence electrons. The Kier molecular flexibility index (Phi) is 4.64. The molecule has 2 N–H and O–H groups in total. The highest BCUT2D eigenvalue weighted by Gasteiger charge is 2.00. The van der Waals surface area contributed by atoms with Gasteiger partial charge in [0.2, 0.25) is 0 Å². The third-order valence-corrected chi connectivity index (χ3v) is 3.34. The first-order valence-corrected chi connectivity index (χ1v) is 5.67. The highest BCUT2D eigenvalue weighted by molar-refractivity contribution is 7.99. The van der Waals surface area contributed by atoms with Gasteiger partial charge in [-0.25, -0.2) is 0 Å². The lowest BCUT2D eigenvalue weighted by Gasteiger charge is -2.07. The molecule has 1 nitrogen and oxygen atoms in total. The van der Waals surface area contributed by atoms with Crippen LogP contribution in [-0.2, 0) is 0 Å². The third-order valence-electron chi connectivity index (χ3n) is 1.75. The van der Waals surface area contributed by atoms with Crippen LogP contribution in [0, 0.1) is 5.92 Å². The number of nitrogens with two attached hydrogens (primary N) is 1. The molecule has 1 aromatic carbocycles. The summed E-state index contributed by atoms with van der Waals surface area (Å²) in [6.45, 7) is 2.91. The number of hydrogen-bond acceptors (Lipinski definition) is 2. The standard InChI is InChI=1S/C10H14ClNS/c1-8(6-12)7-13-10-4-2-9(11)3-5-10/h2-5,8H,6-7,12H2,1H3. The van der Waals surface area contributed by atoms with E-state index < -0.39 is 0 Å². The predicted octanol–water partition coefficient (Wildman–Crippen LogP) is 3.03. The minimum absolute atomic E-state index is 0.570. The van der Waals surface area contributed by atoms with E-state index in [1.807, 2.05) is 36.0 Å². The Morgan fingerprint density at radius 3 is 2.54 bits per heavy atom. The molecule has 0 spiro atoms. The van der Waals surface area contributed by atoms with Crippen LogP contribution >= 0.6 is 23.4 Å².